The molecule has 1 aliphatic carbocycles. The number of benzene rings is 2. The molecule has 1 saturated carbocycles. The fraction of sp³-hybridized carbons (Fsp3) is 0.364. The van der Waals surface area contributed by atoms with Gasteiger partial charge in [-0.2, -0.15) is 0 Å². The van der Waals surface area contributed by atoms with Gasteiger partial charge in [-0.3, -0.25) is 9.59 Å². The van der Waals surface area contributed by atoms with Crippen LogP contribution in [0, 0.1) is 18.7 Å². The molecule has 4 nitrogen and oxygen atoms in total. The van der Waals surface area contributed by atoms with Gasteiger partial charge in [-0.25, -0.2) is 4.39 Å². The zero-order chi connectivity index (χ0) is 19.5. The summed E-state index contributed by atoms with van der Waals surface area (Å²) in [5, 5.41) is 0. The minimum absolute atomic E-state index is 0.0638. The normalized spacial score (nSPS) is 23.6. The Labute approximate surface area is 167 Å². The molecular weight excluding hydrogens is 375 g/mol. The largest absolute Gasteiger partial charge is 0.315 e. The smallest absolute Gasteiger partial charge is 0.268 e. The number of hydrogen-bond donors (Lipinski definition) is 0. The Hall–Kier alpha value is -2.34. The van der Waals surface area contributed by atoms with Gasteiger partial charge >= 0.3 is 0 Å². The number of halogens is 1. The lowest BCUT2D eigenvalue weighted by atomic mass is 10.0. The Morgan fingerprint density at radius 2 is 2.07 bits per heavy atom. The number of thioether (sulfide) groups is 1. The van der Waals surface area contributed by atoms with E-state index in [2.05, 4.69) is 0 Å². The molecule has 1 saturated heterocycles. The van der Waals surface area contributed by atoms with Gasteiger partial charge in [0.15, 0.2) is 4.87 Å². The molecule has 0 aromatic heterocycles. The number of anilines is 1. The summed E-state index contributed by atoms with van der Waals surface area (Å²) in [7, 11) is 0. The molecule has 6 heteroatoms. The number of aryl methyl sites for hydroxylation is 1. The van der Waals surface area contributed by atoms with Gasteiger partial charge in [0.25, 0.3) is 5.91 Å². The molecule has 2 heterocycles. The highest BCUT2D eigenvalue weighted by atomic mass is 32.2. The second-order valence-corrected chi connectivity index (χ2v) is 9.09. The highest BCUT2D eigenvalue weighted by Gasteiger charge is 2.60. The average Bonchev–Trinajstić information content (AvgIpc) is 3.39. The third-order valence-corrected chi connectivity index (χ3v) is 7.19. The lowest BCUT2D eigenvalue weighted by molar-refractivity contribution is -0.141. The quantitative estimate of drug-likeness (QED) is 0.792. The number of fused-ring (bicyclic) bond motifs is 2. The maximum Gasteiger partial charge on any atom is 0.268 e. The van der Waals surface area contributed by atoms with Gasteiger partial charge in [-0.15, -0.1) is 11.8 Å². The topological polar surface area (TPSA) is 40.6 Å². The Kier molecular flexibility index (Phi) is 4.02. The SMILES string of the molecule is Cc1ccc2c(c1)C1(SCCN1C(=O)C1CC1)C(=O)N2Cc1cccc(F)c1. The summed E-state index contributed by atoms with van der Waals surface area (Å²) in [5.74, 6) is 0.496. The first-order valence-electron chi connectivity index (χ1n) is 9.64. The molecule has 5 rings (SSSR count). The van der Waals surface area contributed by atoms with E-state index in [1.165, 1.54) is 12.1 Å². The van der Waals surface area contributed by atoms with Gasteiger partial charge < -0.3 is 9.80 Å². The summed E-state index contributed by atoms with van der Waals surface area (Å²) in [6.45, 7) is 2.88. The van der Waals surface area contributed by atoms with Crippen LogP contribution < -0.4 is 4.90 Å². The van der Waals surface area contributed by atoms with Crippen molar-refractivity contribution in [3.8, 4) is 0 Å². The van der Waals surface area contributed by atoms with Gasteiger partial charge in [0, 0.05) is 23.8 Å². The fourth-order valence-electron chi connectivity index (χ4n) is 4.28. The van der Waals surface area contributed by atoms with E-state index in [0.29, 0.717) is 13.1 Å². The van der Waals surface area contributed by atoms with Crippen LogP contribution in [0.25, 0.3) is 0 Å². The predicted octanol–water partition coefficient (Wildman–Crippen LogP) is 3.82. The van der Waals surface area contributed by atoms with Crippen LogP contribution >= 0.6 is 11.8 Å². The van der Waals surface area contributed by atoms with E-state index in [1.54, 1.807) is 22.7 Å². The van der Waals surface area contributed by atoms with Gasteiger partial charge in [0.05, 0.1) is 12.2 Å². The molecule has 0 radical (unpaired) electrons. The summed E-state index contributed by atoms with van der Waals surface area (Å²) < 4.78 is 13.7. The van der Waals surface area contributed by atoms with E-state index in [0.717, 1.165) is 41.0 Å². The van der Waals surface area contributed by atoms with Crippen LogP contribution in [0.1, 0.15) is 29.5 Å². The lowest BCUT2D eigenvalue weighted by Gasteiger charge is -2.33. The number of amides is 2. The molecular formula is C22H21FN2O2S. The van der Waals surface area contributed by atoms with Crippen LogP contribution in [0.3, 0.4) is 0 Å². The summed E-state index contributed by atoms with van der Waals surface area (Å²) in [6, 6.07) is 12.3. The first-order chi connectivity index (χ1) is 13.5. The minimum atomic E-state index is -0.978. The van der Waals surface area contributed by atoms with Crippen molar-refractivity contribution in [3.63, 3.8) is 0 Å². The second-order valence-electron chi connectivity index (χ2n) is 7.80. The highest BCUT2D eigenvalue weighted by molar-refractivity contribution is 8.01. The molecule has 2 aromatic carbocycles. The van der Waals surface area contributed by atoms with Crippen LogP contribution in [0.5, 0.6) is 0 Å². The van der Waals surface area contributed by atoms with E-state index in [9.17, 15) is 14.0 Å². The second kappa shape index (κ2) is 6.34. The van der Waals surface area contributed by atoms with Crippen LogP contribution in [-0.4, -0.2) is 29.0 Å². The number of rotatable bonds is 3. The standard InChI is InChI=1S/C22H21FN2O2S/c1-14-5-8-19-18(11-14)22(25(9-10-28-22)20(26)16-6-7-16)21(27)24(19)13-15-3-2-4-17(23)12-15/h2-5,8,11-12,16H,6-7,9-10,13H2,1H3. The van der Waals surface area contributed by atoms with Crippen LogP contribution in [0.15, 0.2) is 42.5 Å². The van der Waals surface area contributed by atoms with Gasteiger partial charge in [-0.05, 0) is 43.5 Å². The van der Waals surface area contributed by atoms with E-state index in [-0.39, 0.29) is 23.5 Å². The molecule has 2 fully saturated rings. The predicted molar refractivity (Wildman–Crippen MR) is 107 cm³/mol. The molecule has 1 unspecified atom stereocenters. The average molecular weight is 396 g/mol. The zero-order valence-corrected chi connectivity index (χ0v) is 16.5. The minimum Gasteiger partial charge on any atom is -0.315 e. The first-order valence-corrected chi connectivity index (χ1v) is 10.6. The maximum absolute atomic E-state index is 13.8. The first kappa shape index (κ1) is 17.7. The number of hydrogen-bond acceptors (Lipinski definition) is 3. The summed E-state index contributed by atoms with van der Waals surface area (Å²) >= 11 is 1.55. The van der Waals surface area contributed by atoms with E-state index in [4.69, 9.17) is 0 Å². The zero-order valence-electron chi connectivity index (χ0n) is 15.7. The summed E-state index contributed by atoms with van der Waals surface area (Å²) in [4.78, 5) is 29.3. The molecule has 2 amide bonds. The van der Waals surface area contributed by atoms with Crippen molar-refractivity contribution in [3.05, 3.63) is 65.0 Å². The molecule has 28 heavy (non-hydrogen) atoms. The lowest BCUT2D eigenvalue weighted by Crippen LogP contribution is -2.50. The van der Waals surface area contributed by atoms with E-state index in [1.807, 2.05) is 36.1 Å². The van der Waals surface area contributed by atoms with Crippen molar-refractivity contribution in [1.29, 1.82) is 0 Å². The van der Waals surface area contributed by atoms with Crippen molar-refractivity contribution < 1.29 is 14.0 Å². The van der Waals surface area contributed by atoms with Crippen LogP contribution in [-0.2, 0) is 21.0 Å². The molecule has 0 N–H and O–H groups in total. The van der Waals surface area contributed by atoms with Crippen molar-refractivity contribution in [2.24, 2.45) is 5.92 Å². The number of nitrogens with zero attached hydrogens (tertiary/aromatic N) is 2. The number of carbonyl (C=O) groups excluding carboxylic acids is 2. The monoisotopic (exact) mass is 396 g/mol. The van der Waals surface area contributed by atoms with Gasteiger partial charge in [-0.1, -0.05) is 29.8 Å². The van der Waals surface area contributed by atoms with Crippen LogP contribution in [0.4, 0.5) is 10.1 Å². The van der Waals surface area contributed by atoms with Crippen molar-refractivity contribution >= 4 is 29.3 Å². The molecule has 1 atom stereocenters. The van der Waals surface area contributed by atoms with E-state index >= 15 is 0 Å². The number of carbonyl (C=O) groups is 2. The van der Waals surface area contributed by atoms with E-state index < -0.39 is 4.87 Å². The molecule has 2 aliphatic heterocycles. The van der Waals surface area contributed by atoms with Gasteiger partial charge in [0.2, 0.25) is 5.91 Å². The summed E-state index contributed by atoms with van der Waals surface area (Å²) in [5.41, 5.74) is 3.51. The third kappa shape index (κ3) is 2.58. The molecule has 3 aliphatic rings. The Morgan fingerprint density at radius 3 is 2.82 bits per heavy atom. The summed E-state index contributed by atoms with van der Waals surface area (Å²) in [6.07, 6.45) is 1.83. The maximum atomic E-state index is 13.8. The highest BCUT2D eigenvalue weighted by Crippen LogP contribution is 2.55. The Balaban J connectivity index is 1.60. The van der Waals surface area contributed by atoms with Crippen molar-refractivity contribution in [1.82, 2.24) is 4.90 Å². The Morgan fingerprint density at radius 1 is 1.25 bits per heavy atom. The molecule has 1 spiro atoms. The molecule has 0 bridgehead atoms. The fourth-order valence-corrected chi connectivity index (χ4v) is 5.73. The van der Waals surface area contributed by atoms with Crippen molar-refractivity contribution in [2.45, 2.75) is 31.2 Å². The molecule has 144 valence electrons. The van der Waals surface area contributed by atoms with Crippen molar-refractivity contribution in [2.75, 3.05) is 17.2 Å². The molecule has 2 aromatic rings. The Bertz CT molecular complexity index is 990. The van der Waals surface area contributed by atoms with Crippen LogP contribution in [0.2, 0.25) is 0 Å². The van der Waals surface area contributed by atoms with Gasteiger partial charge in [0.1, 0.15) is 5.82 Å². The third-order valence-electron chi connectivity index (χ3n) is 5.77.